The van der Waals surface area contributed by atoms with Crippen LogP contribution in [0.1, 0.15) is 0 Å². The average Bonchev–Trinajstić information content (AvgIpc) is 2.39. The van der Waals surface area contributed by atoms with Crippen LogP contribution < -0.4 is 4.13 Å². The monoisotopic (exact) mass is 375 g/mol. The molecule has 0 amide bonds. The van der Waals surface area contributed by atoms with Crippen molar-refractivity contribution in [2.75, 3.05) is 0 Å². The van der Waals surface area contributed by atoms with Crippen LogP contribution in [0.3, 0.4) is 0 Å². The maximum atomic E-state index is 12.0. The zero-order valence-electron chi connectivity index (χ0n) is 10.0. The Morgan fingerprint density at radius 3 is 1.65 bits per heavy atom. The minimum Gasteiger partial charge on any atom is -0.206 e. The van der Waals surface area contributed by atoms with Gasteiger partial charge in [0, 0.05) is 4.47 Å². The number of hydrogen-bond donors (Lipinski definition) is 1. The van der Waals surface area contributed by atoms with E-state index in [-0.39, 0.29) is 9.79 Å². The maximum absolute atomic E-state index is 12.0. The Morgan fingerprint density at radius 2 is 1.15 bits per heavy atom. The smallest absolute Gasteiger partial charge is 0.206 e. The molecule has 8 heteroatoms. The van der Waals surface area contributed by atoms with Crippen molar-refractivity contribution in [3.05, 3.63) is 59.1 Å². The molecule has 2 aromatic carbocycles. The standard InChI is InChI=1S/C12H10BrNO4S2/c13-10-6-8-12(9-7-10)20(17,18)14-19(15,16)11-4-2-1-3-5-11/h1-9,14H. The summed E-state index contributed by atoms with van der Waals surface area (Å²) in [4.78, 5) is -0.235. The molecule has 0 aliphatic carbocycles. The first kappa shape index (κ1) is 15.2. The van der Waals surface area contributed by atoms with Crippen molar-refractivity contribution in [3.63, 3.8) is 0 Å². The van der Waals surface area contributed by atoms with Gasteiger partial charge in [0.25, 0.3) is 20.0 Å². The third-order valence-electron chi connectivity index (χ3n) is 2.40. The van der Waals surface area contributed by atoms with Gasteiger partial charge in [0.15, 0.2) is 0 Å². The highest BCUT2D eigenvalue weighted by Crippen LogP contribution is 2.16. The molecule has 1 N–H and O–H groups in total. The molecule has 20 heavy (non-hydrogen) atoms. The van der Waals surface area contributed by atoms with Crippen LogP contribution in [0.25, 0.3) is 0 Å². The van der Waals surface area contributed by atoms with Crippen LogP contribution in [-0.2, 0) is 20.0 Å². The van der Waals surface area contributed by atoms with E-state index in [0.717, 1.165) is 0 Å². The summed E-state index contributed by atoms with van der Waals surface area (Å²) in [5.74, 6) is 0. The second kappa shape index (κ2) is 5.65. The number of halogens is 1. The van der Waals surface area contributed by atoms with E-state index in [0.29, 0.717) is 4.47 Å². The summed E-state index contributed by atoms with van der Waals surface area (Å²) in [7, 11) is -8.27. The lowest BCUT2D eigenvalue weighted by Crippen LogP contribution is -2.30. The topological polar surface area (TPSA) is 80.3 Å². The highest BCUT2D eigenvalue weighted by atomic mass is 79.9. The van der Waals surface area contributed by atoms with E-state index in [1.807, 2.05) is 0 Å². The first-order valence-corrected chi connectivity index (χ1v) is 9.16. The molecule has 0 unspecified atom stereocenters. The lowest BCUT2D eigenvalue weighted by Gasteiger charge is -2.08. The Balaban J connectivity index is 2.36. The fraction of sp³-hybridized carbons (Fsp3) is 0. The van der Waals surface area contributed by atoms with Crippen LogP contribution in [0.2, 0.25) is 0 Å². The van der Waals surface area contributed by atoms with Crippen molar-refractivity contribution in [2.45, 2.75) is 9.79 Å². The van der Waals surface area contributed by atoms with Crippen LogP contribution >= 0.6 is 15.9 Å². The predicted molar refractivity (Wildman–Crippen MR) is 78.1 cm³/mol. The predicted octanol–water partition coefficient (Wildman–Crippen LogP) is 2.12. The van der Waals surface area contributed by atoms with E-state index in [4.69, 9.17) is 0 Å². The SMILES string of the molecule is O=S(=O)(NS(=O)(=O)c1ccc(Br)cc1)c1ccccc1. The summed E-state index contributed by atoms with van der Waals surface area (Å²) >= 11 is 3.18. The number of hydrogen-bond acceptors (Lipinski definition) is 4. The van der Waals surface area contributed by atoms with E-state index in [1.54, 1.807) is 10.2 Å². The van der Waals surface area contributed by atoms with Crippen molar-refractivity contribution in [1.29, 1.82) is 0 Å². The van der Waals surface area contributed by atoms with Crippen LogP contribution in [-0.4, -0.2) is 16.8 Å². The van der Waals surface area contributed by atoms with Crippen LogP contribution in [0, 0.1) is 0 Å². The Kier molecular flexibility index (Phi) is 4.28. The van der Waals surface area contributed by atoms with E-state index in [2.05, 4.69) is 15.9 Å². The first-order chi connectivity index (χ1) is 9.31. The molecule has 5 nitrogen and oxygen atoms in total. The molecule has 2 rings (SSSR count). The van der Waals surface area contributed by atoms with Gasteiger partial charge in [-0.25, -0.2) is 16.8 Å². The van der Waals surface area contributed by atoms with Crippen LogP contribution in [0.5, 0.6) is 0 Å². The molecule has 106 valence electrons. The van der Waals surface area contributed by atoms with E-state index in [1.165, 1.54) is 48.5 Å². The second-order valence-electron chi connectivity index (χ2n) is 3.86. The zero-order valence-corrected chi connectivity index (χ0v) is 13.2. The molecule has 0 aliphatic heterocycles. The molecule has 0 bridgehead atoms. The van der Waals surface area contributed by atoms with Gasteiger partial charge in [0.2, 0.25) is 0 Å². The van der Waals surface area contributed by atoms with E-state index < -0.39 is 20.0 Å². The molecule has 2 aromatic rings. The number of benzene rings is 2. The number of rotatable bonds is 4. The Bertz CT molecular complexity index is 800. The van der Waals surface area contributed by atoms with E-state index >= 15 is 0 Å². The normalized spacial score (nSPS) is 12.2. The second-order valence-corrected chi connectivity index (χ2v) is 8.40. The maximum Gasteiger partial charge on any atom is 0.253 e. The molecule has 0 radical (unpaired) electrons. The summed E-state index contributed by atoms with van der Waals surface area (Å²) in [5, 5.41) is 0. The Morgan fingerprint density at radius 1 is 0.700 bits per heavy atom. The third-order valence-corrected chi connectivity index (χ3v) is 6.47. The van der Waals surface area contributed by atoms with Gasteiger partial charge in [-0.05, 0) is 36.4 Å². The van der Waals surface area contributed by atoms with Gasteiger partial charge < -0.3 is 0 Å². The molecule has 0 spiro atoms. The van der Waals surface area contributed by atoms with Gasteiger partial charge in [-0.2, -0.15) is 0 Å². The quantitative estimate of drug-likeness (QED) is 0.887. The molecule has 0 fully saturated rings. The highest BCUT2D eigenvalue weighted by Gasteiger charge is 2.24. The van der Waals surface area contributed by atoms with Gasteiger partial charge >= 0.3 is 0 Å². The fourth-order valence-electron chi connectivity index (χ4n) is 1.45. The van der Waals surface area contributed by atoms with Crippen molar-refractivity contribution in [3.8, 4) is 0 Å². The molecular formula is C12H10BrNO4S2. The molecule has 0 heterocycles. The lowest BCUT2D eigenvalue weighted by molar-refractivity contribution is 0.577. The number of sulfonamides is 2. The zero-order chi connectivity index (χ0) is 14.8. The largest absolute Gasteiger partial charge is 0.253 e. The minimum atomic E-state index is -4.14. The van der Waals surface area contributed by atoms with Crippen LogP contribution in [0.15, 0.2) is 68.9 Å². The fourth-order valence-corrected chi connectivity index (χ4v) is 4.65. The summed E-state index contributed by atoms with van der Waals surface area (Å²) in [6, 6.07) is 13.0. The van der Waals surface area contributed by atoms with Crippen molar-refractivity contribution in [1.82, 2.24) is 4.13 Å². The average molecular weight is 376 g/mol. The van der Waals surface area contributed by atoms with Crippen LogP contribution in [0.4, 0.5) is 0 Å². The minimum absolute atomic E-state index is 0.110. The first-order valence-electron chi connectivity index (χ1n) is 5.40. The van der Waals surface area contributed by atoms with E-state index in [9.17, 15) is 16.8 Å². The Labute approximate surface area is 125 Å². The molecule has 0 aromatic heterocycles. The lowest BCUT2D eigenvalue weighted by atomic mass is 10.4. The molecule has 0 saturated heterocycles. The molecule has 0 atom stereocenters. The van der Waals surface area contributed by atoms with Crippen molar-refractivity contribution < 1.29 is 16.8 Å². The molecule has 0 saturated carbocycles. The van der Waals surface area contributed by atoms with Crippen molar-refractivity contribution in [2.24, 2.45) is 0 Å². The van der Waals surface area contributed by atoms with Gasteiger partial charge in [-0.3, -0.25) is 0 Å². The van der Waals surface area contributed by atoms with Gasteiger partial charge in [0.05, 0.1) is 9.79 Å². The number of nitrogens with one attached hydrogen (secondary N) is 1. The summed E-state index contributed by atoms with van der Waals surface area (Å²) in [6.07, 6.45) is 0. The molecule has 0 aliphatic rings. The third kappa shape index (κ3) is 3.45. The van der Waals surface area contributed by atoms with Gasteiger partial charge in [-0.1, -0.05) is 34.1 Å². The highest BCUT2D eigenvalue weighted by molar-refractivity contribution is 9.10. The molecular weight excluding hydrogens is 366 g/mol. The van der Waals surface area contributed by atoms with Gasteiger partial charge in [0.1, 0.15) is 0 Å². The Hall–Kier alpha value is -1.22. The van der Waals surface area contributed by atoms with Crippen molar-refractivity contribution >= 4 is 36.0 Å². The summed E-state index contributed by atoms with van der Waals surface area (Å²) in [5.41, 5.74) is 0. The van der Waals surface area contributed by atoms with Gasteiger partial charge in [-0.15, -0.1) is 4.13 Å². The summed E-state index contributed by atoms with van der Waals surface area (Å²) in [6.45, 7) is 0. The summed E-state index contributed by atoms with van der Waals surface area (Å²) < 4.78 is 50.4.